The Hall–Kier alpha value is -6.99. The van der Waals surface area contributed by atoms with Crippen LogP contribution in [0.5, 0.6) is 0 Å². The molecule has 4 amide bonds. The van der Waals surface area contributed by atoms with Gasteiger partial charge in [-0.1, -0.05) is 72.8 Å². The van der Waals surface area contributed by atoms with Crippen LogP contribution in [-0.4, -0.2) is 110 Å². The number of guanidine groups is 1. The molecular formula is C45H54N10O8S. The van der Waals surface area contributed by atoms with Crippen molar-refractivity contribution >= 4 is 72.9 Å². The Kier molecular flexibility index (Phi) is 14.9. The zero-order chi connectivity index (χ0) is 46.1. The minimum Gasteiger partial charge on any atom is -0.480 e. The summed E-state index contributed by atoms with van der Waals surface area (Å²) in [5.74, 6) is -4.26. The molecule has 1 aromatic heterocycles. The molecule has 0 spiro atoms. The first-order chi connectivity index (χ1) is 30.5. The number of carboxylic acids is 1. The number of aliphatic carboxylic acids is 1. The topological polar surface area (TPSA) is 275 Å². The predicted octanol–water partition coefficient (Wildman–Crippen LogP) is 2.25. The summed E-state index contributed by atoms with van der Waals surface area (Å²) in [6, 6.07) is 19.5. The van der Waals surface area contributed by atoms with Gasteiger partial charge in [0.1, 0.15) is 30.2 Å². The molecule has 0 bridgehead atoms. The highest BCUT2D eigenvalue weighted by Gasteiger charge is 2.39. The molecule has 6 rings (SSSR count). The van der Waals surface area contributed by atoms with Gasteiger partial charge in [-0.15, -0.1) is 0 Å². The minimum absolute atomic E-state index is 0.00185. The van der Waals surface area contributed by atoms with E-state index in [4.69, 9.17) is 11.5 Å². The molecule has 5 atom stereocenters. The highest BCUT2D eigenvalue weighted by molar-refractivity contribution is 7.89. The molecule has 0 radical (unpaired) electrons. The summed E-state index contributed by atoms with van der Waals surface area (Å²) in [4.78, 5) is 78.4. The number of H-pyrrole nitrogens is 1. The first-order valence-corrected chi connectivity index (χ1v) is 22.3. The number of aromatic nitrogens is 1. The Morgan fingerprint density at radius 2 is 1.55 bits per heavy atom. The van der Waals surface area contributed by atoms with E-state index in [9.17, 15) is 37.5 Å². The van der Waals surface area contributed by atoms with Crippen molar-refractivity contribution in [2.45, 2.75) is 74.1 Å². The van der Waals surface area contributed by atoms with E-state index in [0.29, 0.717) is 28.3 Å². The third-order valence-corrected chi connectivity index (χ3v) is 12.6. The van der Waals surface area contributed by atoms with E-state index in [1.807, 2.05) is 55.4 Å². The van der Waals surface area contributed by atoms with Gasteiger partial charge in [0, 0.05) is 67.2 Å². The number of anilines is 1. The van der Waals surface area contributed by atoms with E-state index in [1.165, 1.54) is 17.9 Å². The van der Waals surface area contributed by atoms with Crippen LogP contribution in [0.25, 0.3) is 21.7 Å². The molecule has 1 aliphatic heterocycles. The number of sulfonamides is 1. The summed E-state index contributed by atoms with van der Waals surface area (Å²) >= 11 is 0. The van der Waals surface area contributed by atoms with Crippen molar-refractivity contribution in [3.8, 4) is 0 Å². The lowest BCUT2D eigenvalue weighted by Gasteiger charge is -2.29. The van der Waals surface area contributed by atoms with Gasteiger partial charge < -0.3 is 47.3 Å². The van der Waals surface area contributed by atoms with E-state index in [2.05, 4.69) is 30.6 Å². The van der Waals surface area contributed by atoms with E-state index < -0.39 is 69.8 Å². The quantitative estimate of drug-likeness (QED) is 0.0338. The molecule has 18 nitrogen and oxygen atoms in total. The molecule has 338 valence electrons. The second kappa shape index (κ2) is 20.5. The average Bonchev–Trinajstić information content (AvgIpc) is 3.93. The number of nitrogens with two attached hydrogens (primary N) is 2. The maximum atomic E-state index is 14.3. The Balaban J connectivity index is 1.18. The third-order valence-electron chi connectivity index (χ3n) is 11.2. The molecule has 0 saturated carbocycles. The van der Waals surface area contributed by atoms with Gasteiger partial charge in [0.05, 0.1) is 4.90 Å². The van der Waals surface area contributed by atoms with E-state index in [-0.39, 0.29) is 49.6 Å². The zero-order valence-electron chi connectivity index (χ0n) is 35.8. The number of aliphatic imine (C=N–C) groups is 1. The van der Waals surface area contributed by atoms with E-state index in [1.54, 1.807) is 54.7 Å². The second-order valence-electron chi connectivity index (χ2n) is 15.9. The van der Waals surface area contributed by atoms with Gasteiger partial charge in [-0.25, -0.2) is 13.2 Å². The van der Waals surface area contributed by atoms with Crippen molar-refractivity contribution in [3.05, 3.63) is 108 Å². The number of carboxylic acid groups (broad SMARTS) is 1. The number of carbonyl (C=O) groups is 5. The molecule has 10 N–H and O–H groups in total. The molecule has 4 aromatic carbocycles. The number of nitrogens with zero attached hydrogens (tertiary/aromatic N) is 3. The Labute approximate surface area is 370 Å². The predicted molar refractivity (Wildman–Crippen MR) is 244 cm³/mol. The average molecular weight is 895 g/mol. The molecular weight excluding hydrogens is 841 g/mol. The lowest BCUT2D eigenvalue weighted by Crippen LogP contribution is -2.57. The van der Waals surface area contributed by atoms with Crippen LogP contribution in [0, 0.1) is 0 Å². The number of aromatic amines is 1. The summed E-state index contributed by atoms with van der Waals surface area (Å²) in [7, 11) is -0.694. The number of rotatable bonds is 19. The summed E-state index contributed by atoms with van der Waals surface area (Å²) in [6.07, 6.45) is 2.63. The van der Waals surface area contributed by atoms with Crippen LogP contribution >= 0.6 is 0 Å². The SMILES string of the molecule is C[C@H](NC(=O)[C@H](CCCN=C(N)N)NC(=O)[C@@H](NS(=O)(=O)c1cccc2c(N(C)C)cccc12)c1ccccc1)C(=O)N1CCC[C@H]1C(=O)N[C@@H](Cc1c[nH]c2ccccc12)C(=O)O. The van der Waals surface area contributed by atoms with Crippen LogP contribution < -0.4 is 37.0 Å². The summed E-state index contributed by atoms with van der Waals surface area (Å²) in [5.41, 5.74) is 13.6. The van der Waals surface area contributed by atoms with Gasteiger partial charge in [0.25, 0.3) is 0 Å². The highest BCUT2D eigenvalue weighted by atomic mass is 32.2. The van der Waals surface area contributed by atoms with Crippen molar-refractivity contribution in [1.82, 2.24) is 30.6 Å². The monoisotopic (exact) mass is 894 g/mol. The van der Waals surface area contributed by atoms with Gasteiger partial charge in [0.2, 0.25) is 33.7 Å². The fourth-order valence-corrected chi connectivity index (χ4v) is 9.37. The molecule has 1 fully saturated rings. The first kappa shape index (κ1) is 46.5. The molecule has 5 aromatic rings. The van der Waals surface area contributed by atoms with Crippen LogP contribution in [0.3, 0.4) is 0 Å². The number of nitrogens with one attached hydrogen (secondary N) is 5. The highest BCUT2D eigenvalue weighted by Crippen LogP contribution is 2.31. The number of hydrogen-bond donors (Lipinski definition) is 8. The zero-order valence-corrected chi connectivity index (χ0v) is 36.6. The molecule has 1 saturated heterocycles. The maximum Gasteiger partial charge on any atom is 0.326 e. The molecule has 2 heterocycles. The van der Waals surface area contributed by atoms with E-state index >= 15 is 0 Å². The maximum absolute atomic E-state index is 14.3. The Bertz CT molecular complexity index is 2650. The van der Waals surface area contributed by atoms with Crippen LogP contribution in [-0.2, 0) is 40.4 Å². The van der Waals surface area contributed by atoms with Crippen molar-refractivity contribution in [2.75, 3.05) is 32.1 Å². The fraction of sp³-hybridized carbons (Fsp3) is 0.333. The summed E-state index contributed by atoms with van der Waals surface area (Å²) < 4.78 is 31.0. The Morgan fingerprint density at radius 1 is 0.859 bits per heavy atom. The van der Waals surface area contributed by atoms with Crippen molar-refractivity contribution in [3.63, 3.8) is 0 Å². The number of carbonyl (C=O) groups excluding carboxylic acids is 4. The standard InChI is InChI=1S/C45H54N10O8S/c1-27(43(59)55-24-12-21-37(55)41(57)52-35(44(60)61)25-29-26-49-33-18-8-7-15-30(29)33)50-40(56)34(19-11-23-48-45(46)47)51-42(58)39(28-13-5-4-6-14-28)53-64(62,63)38-22-10-16-31-32(38)17-9-20-36(31)54(2)3/h4-10,13-18,20,22,26-27,34-35,37,39,49,53H,11-12,19,21,23-25H2,1-3H3,(H,50,56)(H,51,58)(H,52,57)(H,60,61)(H4,46,47,48)/t27-,34-,35-,37-,39-/m0/s1. The lowest BCUT2D eigenvalue weighted by atomic mass is 10.0. The van der Waals surface area contributed by atoms with Crippen molar-refractivity contribution < 1.29 is 37.5 Å². The smallest absolute Gasteiger partial charge is 0.326 e. The normalized spacial score (nSPS) is 15.7. The largest absolute Gasteiger partial charge is 0.480 e. The number of para-hydroxylation sites is 1. The molecule has 19 heteroatoms. The van der Waals surface area contributed by atoms with E-state index in [0.717, 1.165) is 16.6 Å². The number of benzene rings is 4. The minimum atomic E-state index is -4.39. The third kappa shape index (κ3) is 11.0. The lowest BCUT2D eigenvalue weighted by molar-refractivity contribution is -0.144. The van der Waals surface area contributed by atoms with Crippen LogP contribution in [0.1, 0.15) is 49.8 Å². The van der Waals surface area contributed by atoms with Gasteiger partial charge in [-0.05, 0) is 61.9 Å². The molecule has 0 unspecified atom stereocenters. The second-order valence-corrected chi connectivity index (χ2v) is 17.6. The van der Waals surface area contributed by atoms with Crippen LogP contribution in [0.15, 0.2) is 107 Å². The summed E-state index contributed by atoms with van der Waals surface area (Å²) in [6.45, 7) is 1.72. The van der Waals surface area contributed by atoms with Gasteiger partial charge in [-0.3, -0.25) is 24.2 Å². The van der Waals surface area contributed by atoms with Crippen LogP contribution in [0.2, 0.25) is 0 Å². The number of hydrogen-bond acceptors (Lipinski definition) is 9. The van der Waals surface area contributed by atoms with Crippen molar-refractivity contribution in [2.24, 2.45) is 16.5 Å². The fourth-order valence-electron chi connectivity index (χ4n) is 7.97. The van der Waals surface area contributed by atoms with Crippen LogP contribution in [0.4, 0.5) is 5.69 Å². The van der Waals surface area contributed by atoms with Crippen molar-refractivity contribution in [1.29, 1.82) is 0 Å². The molecule has 64 heavy (non-hydrogen) atoms. The molecule has 1 aliphatic rings. The number of fused-ring (bicyclic) bond motifs is 2. The summed E-state index contributed by atoms with van der Waals surface area (Å²) in [5, 5.41) is 20.0. The van der Waals surface area contributed by atoms with Gasteiger partial charge in [0.15, 0.2) is 5.96 Å². The van der Waals surface area contributed by atoms with Gasteiger partial charge >= 0.3 is 5.97 Å². The number of likely N-dealkylation sites (tertiary alicyclic amines) is 1. The van der Waals surface area contributed by atoms with Gasteiger partial charge in [-0.2, -0.15) is 4.72 Å². The molecule has 0 aliphatic carbocycles. The first-order valence-electron chi connectivity index (χ1n) is 20.9. The number of amides is 4. The Morgan fingerprint density at radius 3 is 2.27 bits per heavy atom.